The summed E-state index contributed by atoms with van der Waals surface area (Å²) in [5.41, 5.74) is 2.03. The van der Waals surface area contributed by atoms with Gasteiger partial charge in [-0.15, -0.1) is 0 Å². The predicted molar refractivity (Wildman–Crippen MR) is 68.5 cm³/mol. The summed E-state index contributed by atoms with van der Waals surface area (Å²) in [4.78, 5) is 15.3. The van der Waals surface area contributed by atoms with Gasteiger partial charge in [0, 0.05) is 6.20 Å². The summed E-state index contributed by atoms with van der Waals surface area (Å²) in [5, 5.41) is 12.1. The first kappa shape index (κ1) is 12.3. The summed E-state index contributed by atoms with van der Waals surface area (Å²) < 4.78 is 0. The summed E-state index contributed by atoms with van der Waals surface area (Å²) in [6, 6.07) is 12.4. The van der Waals surface area contributed by atoms with E-state index in [1.54, 1.807) is 24.4 Å². The van der Waals surface area contributed by atoms with Gasteiger partial charge in [-0.25, -0.2) is 4.79 Å². The van der Waals surface area contributed by atoms with E-state index in [0.29, 0.717) is 0 Å². The summed E-state index contributed by atoms with van der Waals surface area (Å²) >= 11 is 0. The second kappa shape index (κ2) is 5.42. The molecule has 92 valence electrons. The molecule has 4 nitrogen and oxygen atoms in total. The number of nitrogens with one attached hydrogen (secondary N) is 1. The lowest BCUT2D eigenvalue weighted by molar-refractivity contribution is 0.0696. The molecule has 0 aliphatic rings. The topological polar surface area (TPSA) is 62.2 Å². The van der Waals surface area contributed by atoms with Crippen LogP contribution < -0.4 is 5.32 Å². The fourth-order valence-corrected chi connectivity index (χ4v) is 1.88. The molecule has 2 N–H and O–H groups in total. The minimum Gasteiger partial charge on any atom is -0.478 e. The summed E-state index contributed by atoms with van der Waals surface area (Å²) in [6.45, 7) is 0. The van der Waals surface area contributed by atoms with Crippen molar-refractivity contribution in [3.8, 4) is 0 Å². The highest BCUT2D eigenvalue weighted by molar-refractivity contribution is 5.87. The number of aromatic nitrogens is 1. The summed E-state index contributed by atoms with van der Waals surface area (Å²) in [5.74, 6) is -0.923. The predicted octanol–water partition coefficient (Wildman–Crippen LogP) is 2.09. The summed E-state index contributed by atoms with van der Waals surface area (Å²) in [6.07, 6.45) is 1.72. The van der Waals surface area contributed by atoms with Crippen molar-refractivity contribution in [1.82, 2.24) is 10.3 Å². The van der Waals surface area contributed by atoms with E-state index in [1.165, 1.54) is 0 Å². The Balaban J connectivity index is 2.39. The van der Waals surface area contributed by atoms with Crippen molar-refractivity contribution in [3.05, 3.63) is 65.5 Å². The third kappa shape index (κ3) is 2.55. The smallest absolute Gasteiger partial charge is 0.335 e. The molecule has 0 bridgehead atoms. The third-order valence-corrected chi connectivity index (χ3v) is 2.74. The highest BCUT2D eigenvalue weighted by atomic mass is 16.4. The van der Waals surface area contributed by atoms with Crippen LogP contribution >= 0.6 is 0 Å². The Hall–Kier alpha value is -2.20. The molecule has 0 radical (unpaired) electrons. The van der Waals surface area contributed by atoms with Crippen LogP contribution in [0.4, 0.5) is 0 Å². The molecule has 0 aliphatic heterocycles. The second-order valence-electron chi connectivity index (χ2n) is 3.91. The maximum absolute atomic E-state index is 11.0. The molecule has 0 saturated carbocycles. The first-order valence-corrected chi connectivity index (χ1v) is 5.64. The zero-order valence-electron chi connectivity index (χ0n) is 10.00. The molecule has 1 heterocycles. The largest absolute Gasteiger partial charge is 0.478 e. The van der Waals surface area contributed by atoms with Crippen LogP contribution in [0.2, 0.25) is 0 Å². The first-order chi connectivity index (χ1) is 8.72. The van der Waals surface area contributed by atoms with E-state index in [4.69, 9.17) is 5.11 Å². The number of carboxylic acid groups (broad SMARTS) is 1. The molecule has 2 aromatic rings. The third-order valence-electron chi connectivity index (χ3n) is 2.74. The quantitative estimate of drug-likeness (QED) is 0.861. The number of rotatable bonds is 4. The summed E-state index contributed by atoms with van der Waals surface area (Å²) in [7, 11) is 1.83. The van der Waals surface area contributed by atoms with Crippen molar-refractivity contribution in [2.45, 2.75) is 6.04 Å². The number of aromatic carboxylic acids is 1. The van der Waals surface area contributed by atoms with Crippen molar-refractivity contribution in [1.29, 1.82) is 0 Å². The molecular weight excluding hydrogens is 228 g/mol. The molecular formula is C14H14N2O2. The molecule has 18 heavy (non-hydrogen) atoms. The zero-order valence-corrected chi connectivity index (χ0v) is 10.00. The molecule has 0 fully saturated rings. The second-order valence-corrected chi connectivity index (χ2v) is 3.91. The molecule has 2 rings (SSSR count). The van der Waals surface area contributed by atoms with Crippen LogP contribution in [0.1, 0.15) is 27.7 Å². The van der Waals surface area contributed by atoms with Gasteiger partial charge < -0.3 is 10.4 Å². The molecule has 1 atom stereocenters. The Morgan fingerprint density at radius 1 is 1.28 bits per heavy atom. The van der Waals surface area contributed by atoms with Crippen LogP contribution in [-0.4, -0.2) is 23.1 Å². The first-order valence-electron chi connectivity index (χ1n) is 5.64. The Morgan fingerprint density at radius 2 is 2.11 bits per heavy atom. The normalized spacial score (nSPS) is 12.1. The average molecular weight is 242 g/mol. The van der Waals surface area contributed by atoms with E-state index >= 15 is 0 Å². The minimum atomic E-state index is -0.923. The van der Waals surface area contributed by atoms with Crippen molar-refractivity contribution in [3.63, 3.8) is 0 Å². The minimum absolute atomic E-state index is 0.106. The highest BCUT2D eigenvalue weighted by Gasteiger charge is 2.14. The van der Waals surface area contributed by atoms with Gasteiger partial charge in [0.05, 0.1) is 17.3 Å². The van der Waals surface area contributed by atoms with Gasteiger partial charge in [-0.3, -0.25) is 4.98 Å². The number of carbonyl (C=O) groups is 1. The molecule has 4 heteroatoms. The van der Waals surface area contributed by atoms with Gasteiger partial charge in [-0.1, -0.05) is 18.2 Å². The van der Waals surface area contributed by atoms with Crippen LogP contribution in [0.25, 0.3) is 0 Å². The lowest BCUT2D eigenvalue weighted by Gasteiger charge is -2.16. The van der Waals surface area contributed by atoms with Gasteiger partial charge >= 0.3 is 5.97 Å². The fourth-order valence-electron chi connectivity index (χ4n) is 1.88. The number of benzene rings is 1. The van der Waals surface area contributed by atoms with E-state index in [1.807, 2.05) is 31.3 Å². The Labute approximate surface area is 105 Å². The van der Waals surface area contributed by atoms with Gasteiger partial charge in [0.25, 0.3) is 0 Å². The van der Waals surface area contributed by atoms with Crippen LogP contribution in [0.5, 0.6) is 0 Å². The zero-order chi connectivity index (χ0) is 13.0. The molecule has 1 aromatic carbocycles. The van der Waals surface area contributed by atoms with Gasteiger partial charge in [-0.2, -0.15) is 0 Å². The van der Waals surface area contributed by atoms with Crippen molar-refractivity contribution in [2.75, 3.05) is 7.05 Å². The van der Waals surface area contributed by atoms with Crippen LogP contribution in [0.3, 0.4) is 0 Å². The van der Waals surface area contributed by atoms with Crippen LogP contribution in [0, 0.1) is 0 Å². The van der Waals surface area contributed by atoms with Gasteiger partial charge in [0.15, 0.2) is 0 Å². The monoisotopic (exact) mass is 242 g/mol. The lowest BCUT2D eigenvalue weighted by atomic mass is 10.0. The number of nitrogens with zero attached hydrogens (tertiary/aromatic N) is 1. The van der Waals surface area contributed by atoms with E-state index in [0.717, 1.165) is 11.3 Å². The Bertz CT molecular complexity index is 541. The molecule has 1 unspecified atom stereocenters. The SMILES string of the molecule is CNC(c1cccc(C(=O)O)c1)c1ccccn1. The van der Waals surface area contributed by atoms with Crippen molar-refractivity contribution < 1.29 is 9.90 Å². The number of pyridine rings is 1. The number of carboxylic acids is 1. The van der Waals surface area contributed by atoms with Crippen molar-refractivity contribution in [2.24, 2.45) is 0 Å². The molecule has 1 aromatic heterocycles. The standard InChI is InChI=1S/C14H14N2O2/c1-15-13(12-7-2-3-8-16-12)10-5-4-6-11(9-10)14(17)18/h2-9,13,15H,1H3,(H,17,18). The van der Waals surface area contributed by atoms with Crippen LogP contribution in [0.15, 0.2) is 48.7 Å². The molecule has 0 spiro atoms. The Morgan fingerprint density at radius 3 is 2.72 bits per heavy atom. The maximum atomic E-state index is 11.0. The maximum Gasteiger partial charge on any atom is 0.335 e. The van der Waals surface area contributed by atoms with Crippen LogP contribution in [-0.2, 0) is 0 Å². The van der Waals surface area contributed by atoms with E-state index in [2.05, 4.69) is 10.3 Å². The molecule has 0 saturated heterocycles. The van der Waals surface area contributed by atoms with Gasteiger partial charge in [-0.05, 0) is 36.9 Å². The van der Waals surface area contributed by atoms with Gasteiger partial charge in [0.1, 0.15) is 0 Å². The lowest BCUT2D eigenvalue weighted by Crippen LogP contribution is -2.19. The molecule has 0 aliphatic carbocycles. The fraction of sp³-hybridized carbons (Fsp3) is 0.143. The van der Waals surface area contributed by atoms with Gasteiger partial charge in [0.2, 0.25) is 0 Å². The van der Waals surface area contributed by atoms with E-state index in [-0.39, 0.29) is 11.6 Å². The van der Waals surface area contributed by atoms with E-state index in [9.17, 15) is 4.79 Å². The molecule has 0 amide bonds. The Kier molecular flexibility index (Phi) is 3.69. The highest BCUT2D eigenvalue weighted by Crippen LogP contribution is 2.20. The van der Waals surface area contributed by atoms with Crippen molar-refractivity contribution >= 4 is 5.97 Å². The number of hydrogen-bond donors (Lipinski definition) is 2. The number of hydrogen-bond acceptors (Lipinski definition) is 3. The van der Waals surface area contributed by atoms with E-state index < -0.39 is 5.97 Å². The average Bonchev–Trinajstić information content (AvgIpc) is 2.41.